The first kappa shape index (κ1) is 14.4. The minimum absolute atomic E-state index is 0.110. The van der Waals surface area contributed by atoms with Gasteiger partial charge in [0.25, 0.3) is 0 Å². The Hall–Kier alpha value is -1.98. The van der Waals surface area contributed by atoms with Gasteiger partial charge in [-0.1, -0.05) is 36.4 Å². The molecule has 0 amide bonds. The smallest absolute Gasteiger partial charge is 0.378 e. The van der Waals surface area contributed by atoms with E-state index >= 15 is 0 Å². The molecule has 0 aliphatic heterocycles. The van der Waals surface area contributed by atoms with Crippen molar-refractivity contribution in [2.24, 2.45) is 0 Å². The molecule has 0 saturated heterocycles. The number of benzene rings is 2. The average Bonchev–Trinajstić information content (AvgIpc) is 2.47. The Bertz CT molecular complexity index is 559. The molecule has 4 nitrogen and oxygen atoms in total. The number of thioether (sulfide) groups is 1. The molecule has 1 unspecified atom stereocenters. The molecule has 0 saturated carbocycles. The number of rotatable bonds is 6. The van der Waals surface area contributed by atoms with Gasteiger partial charge < -0.3 is 14.9 Å². The normalized spacial score (nSPS) is 13.4. The number of hydrogen-bond donors (Lipinski definition) is 2. The SMILES string of the molecule is O=C(O)C(O)(CSc1ccccc1)Oc1ccccc1. The van der Waals surface area contributed by atoms with Crippen LogP contribution in [0, 0.1) is 0 Å². The predicted octanol–water partition coefficient (Wildman–Crippen LogP) is 2.63. The Morgan fingerprint density at radius 3 is 2.15 bits per heavy atom. The summed E-state index contributed by atoms with van der Waals surface area (Å²) < 4.78 is 5.22. The van der Waals surface area contributed by atoms with E-state index in [2.05, 4.69) is 0 Å². The molecule has 104 valence electrons. The number of aliphatic hydroxyl groups is 1. The first-order chi connectivity index (χ1) is 9.60. The molecule has 0 radical (unpaired) electrons. The van der Waals surface area contributed by atoms with Crippen LogP contribution >= 0.6 is 11.8 Å². The van der Waals surface area contributed by atoms with Crippen molar-refractivity contribution >= 4 is 17.7 Å². The maximum absolute atomic E-state index is 11.3. The second-order valence-corrected chi connectivity index (χ2v) is 5.16. The molecule has 2 N–H and O–H groups in total. The highest BCUT2D eigenvalue weighted by Crippen LogP contribution is 2.25. The van der Waals surface area contributed by atoms with Crippen molar-refractivity contribution in [2.75, 3.05) is 5.75 Å². The van der Waals surface area contributed by atoms with Crippen LogP contribution in [0.15, 0.2) is 65.6 Å². The monoisotopic (exact) mass is 290 g/mol. The summed E-state index contributed by atoms with van der Waals surface area (Å²) in [6.07, 6.45) is 0. The van der Waals surface area contributed by atoms with Gasteiger partial charge in [0.15, 0.2) is 0 Å². The van der Waals surface area contributed by atoms with Crippen LogP contribution in [0.3, 0.4) is 0 Å². The van der Waals surface area contributed by atoms with Gasteiger partial charge >= 0.3 is 11.8 Å². The van der Waals surface area contributed by atoms with Crippen LogP contribution in [0.25, 0.3) is 0 Å². The van der Waals surface area contributed by atoms with E-state index < -0.39 is 11.8 Å². The first-order valence-electron chi connectivity index (χ1n) is 5.98. The fourth-order valence-electron chi connectivity index (χ4n) is 1.52. The van der Waals surface area contributed by atoms with E-state index in [0.29, 0.717) is 5.75 Å². The van der Waals surface area contributed by atoms with E-state index in [-0.39, 0.29) is 5.75 Å². The number of aliphatic carboxylic acids is 1. The van der Waals surface area contributed by atoms with Gasteiger partial charge in [0.05, 0.1) is 5.75 Å². The summed E-state index contributed by atoms with van der Waals surface area (Å²) >= 11 is 1.22. The lowest BCUT2D eigenvalue weighted by atomic mass is 10.3. The second-order valence-electron chi connectivity index (χ2n) is 4.11. The molecule has 2 rings (SSSR count). The van der Waals surface area contributed by atoms with Crippen molar-refractivity contribution in [2.45, 2.75) is 10.7 Å². The van der Waals surface area contributed by atoms with E-state index in [0.717, 1.165) is 4.90 Å². The molecule has 2 aromatic carbocycles. The molecule has 0 spiro atoms. The molecule has 2 aromatic rings. The number of carbonyl (C=O) groups is 1. The first-order valence-corrected chi connectivity index (χ1v) is 6.96. The van der Waals surface area contributed by atoms with Crippen molar-refractivity contribution < 1.29 is 19.7 Å². The summed E-state index contributed by atoms with van der Waals surface area (Å²) in [5.74, 6) is -3.47. The van der Waals surface area contributed by atoms with Crippen LogP contribution in [-0.2, 0) is 4.79 Å². The van der Waals surface area contributed by atoms with Crippen LogP contribution in [-0.4, -0.2) is 27.7 Å². The van der Waals surface area contributed by atoms with Crippen LogP contribution in [0.2, 0.25) is 0 Å². The zero-order valence-corrected chi connectivity index (χ0v) is 11.4. The van der Waals surface area contributed by atoms with E-state index in [1.165, 1.54) is 11.8 Å². The average molecular weight is 290 g/mol. The van der Waals surface area contributed by atoms with Crippen LogP contribution < -0.4 is 4.74 Å². The Balaban J connectivity index is 2.08. The predicted molar refractivity (Wildman–Crippen MR) is 76.8 cm³/mol. The van der Waals surface area contributed by atoms with Crippen molar-refractivity contribution in [3.05, 3.63) is 60.7 Å². The lowest BCUT2D eigenvalue weighted by Crippen LogP contribution is -2.47. The lowest BCUT2D eigenvalue weighted by Gasteiger charge is -2.24. The zero-order valence-electron chi connectivity index (χ0n) is 10.6. The summed E-state index contributed by atoms with van der Waals surface area (Å²) in [4.78, 5) is 12.1. The molecule has 5 heteroatoms. The molecular formula is C15H14O4S. The Labute approximate surface area is 121 Å². The second kappa shape index (κ2) is 6.45. The maximum atomic E-state index is 11.3. The number of carboxylic acid groups (broad SMARTS) is 1. The van der Waals surface area contributed by atoms with Crippen molar-refractivity contribution in [1.82, 2.24) is 0 Å². The maximum Gasteiger partial charge on any atom is 0.378 e. The summed E-state index contributed by atoms with van der Waals surface area (Å²) in [7, 11) is 0. The fourth-order valence-corrected chi connectivity index (χ4v) is 2.41. The van der Waals surface area contributed by atoms with Crippen molar-refractivity contribution in [3.8, 4) is 5.75 Å². The Morgan fingerprint density at radius 1 is 1.05 bits per heavy atom. The van der Waals surface area contributed by atoms with Crippen LogP contribution in [0.4, 0.5) is 0 Å². The van der Waals surface area contributed by atoms with Crippen LogP contribution in [0.1, 0.15) is 0 Å². The highest BCUT2D eigenvalue weighted by molar-refractivity contribution is 7.99. The number of carboxylic acids is 1. The van der Waals surface area contributed by atoms with Gasteiger partial charge in [0.2, 0.25) is 0 Å². The topological polar surface area (TPSA) is 66.8 Å². The minimum Gasteiger partial charge on any atom is -0.476 e. The zero-order chi connectivity index (χ0) is 14.4. The summed E-state index contributed by atoms with van der Waals surface area (Å²) in [5.41, 5.74) is 0. The third-order valence-corrected chi connectivity index (χ3v) is 3.68. The Kier molecular flexibility index (Phi) is 4.65. The van der Waals surface area contributed by atoms with Gasteiger partial charge in [-0.05, 0) is 24.3 Å². The standard InChI is InChI=1S/C15H14O4S/c16-14(17)15(18,19-12-7-3-1-4-8-12)11-20-13-9-5-2-6-10-13/h1-10,18H,11H2,(H,16,17). The number of para-hydroxylation sites is 1. The summed E-state index contributed by atoms with van der Waals surface area (Å²) in [6, 6.07) is 17.6. The molecule has 20 heavy (non-hydrogen) atoms. The van der Waals surface area contributed by atoms with E-state index in [9.17, 15) is 15.0 Å². The van der Waals surface area contributed by atoms with Gasteiger partial charge in [0, 0.05) is 4.90 Å². The van der Waals surface area contributed by atoms with Gasteiger partial charge in [0.1, 0.15) is 5.75 Å². The highest BCUT2D eigenvalue weighted by Gasteiger charge is 2.39. The molecule has 0 aromatic heterocycles. The third kappa shape index (κ3) is 3.76. The van der Waals surface area contributed by atoms with Gasteiger partial charge in [-0.2, -0.15) is 0 Å². The molecule has 0 aliphatic carbocycles. The molecule has 0 heterocycles. The van der Waals surface area contributed by atoms with Crippen molar-refractivity contribution in [1.29, 1.82) is 0 Å². The number of ether oxygens (including phenoxy) is 1. The van der Waals surface area contributed by atoms with E-state index in [1.807, 2.05) is 30.3 Å². The quantitative estimate of drug-likeness (QED) is 0.632. The van der Waals surface area contributed by atoms with E-state index in [1.54, 1.807) is 30.3 Å². The van der Waals surface area contributed by atoms with Crippen molar-refractivity contribution in [3.63, 3.8) is 0 Å². The minimum atomic E-state index is -2.26. The lowest BCUT2D eigenvalue weighted by molar-refractivity contribution is -0.186. The van der Waals surface area contributed by atoms with E-state index in [4.69, 9.17) is 4.74 Å². The van der Waals surface area contributed by atoms with Gasteiger partial charge in [-0.3, -0.25) is 0 Å². The fraction of sp³-hybridized carbons (Fsp3) is 0.133. The van der Waals surface area contributed by atoms with Gasteiger partial charge in [-0.15, -0.1) is 11.8 Å². The largest absolute Gasteiger partial charge is 0.476 e. The van der Waals surface area contributed by atoms with Crippen LogP contribution in [0.5, 0.6) is 5.75 Å². The molecule has 0 bridgehead atoms. The summed E-state index contributed by atoms with van der Waals surface area (Å²) in [5, 5.41) is 19.3. The molecule has 0 fully saturated rings. The molecule has 1 atom stereocenters. The Morgan fingerprint density at radius 2 is 1.60 bits per heavy atom. The number of hydrogen-bond acceptors (Lipinski definition) is 4. The summed E-state index contributed by atoms with van der Waals surface area (Å²) in [6.45, 7) is 0. The van der Waals surface area contributed by atoms with Gasteiger partial charge in [-0.25, -0.2) is 4.79 Å². The highest BCUT2D eigenvalue weighted by atomic mass is 32.2. The molecule has 0 aliphatic rings. The third-order valence-electron chi connectivity index (χ3n) is 2.54. The molecular weight excluding hydrogens is 276 g/mol.